The predicted molar refractivity (Wildman–Crippen MR) is 126 cm³/mol. The summed E-state index contributed by atoms with van der Waals surface area (Å²) in [5.74, 6) is 1.22. The van der Waals surface area contributed by atoms with E-state index < -0.39 is 5.41 Å². The van der Waals surface area contributed by atoms with Crippen molar-refractivity contribution in [1.29, 1.82) is 0 Å². The summed E-state index contributed by atoms with van der Waals surface area (Å²) in [5, 5.41) is 1.11. The van der Waals surface area contributed by atoms with Crippen LogP contribution >= 0.6 is 0 Å². The first-order valence-electron chi connectivity index (χ1n) is 11.7. The van der Waals surface area contributed by atoms with Gasteiger partial charge in [0.05, 0.1) is 32.0 Å². The Kier molecular flexibility index (Phi) is 6.38. The molecule has 6 heteroatoms. The van der Waals surface area contributed by atoms with E-state index in [0.29, 0.717) is 52.4 Å². The summed E-state index contributed by atoms with van der Waals surface area (Å²) in [6.07, 6.45) is 3.94. The lowest BCUT2D eigenvalue weighted by molar-refractivity contribution is -0.141. The Morgan fingerprint density at radius 2 is 1.88 bits per heavy atom. The lowest BCUT2D eigenvalue weighted by atomic mass is 9.72. The molecule has 2 fully saturated rings. The monoisotopic (exact) mass is 449 g/mol. The zero-order chi connectivity index (χ0) is 22.7. The van der Waals surface area contributed by atoms with Crippen molar-refractivity contribution in [3.8, 4) is 5.75 Å². The number of amides is 1. The average Bonchev–Trinajstić information content (AvgIpc) is 3.21. The topological polar surface area (TPSA) is 61.1 Å². The van der Waals surface area contributed by atoms with Crippen LogP contribution in [0.25, 0.3) is 11.0 Å². The van der Waals surface area contributed by atoms with Crippen LogP contribution in [0.15, 0.2) is 59.2 Å². The highest BCUT2D eigenvalue weighted by atomic mass is 16.5. The highest BCUT2D eigenvalue weighted by Crippen LogP contribution is 2.38. The van der Waals surface area contributed by atoms with E-state index in [9.17, 15) is 4.79 Å². The lowest BCUT2D eigenvalue weighted by Crippen LogP contribution is -2.51. The quantitative estimate of drug-likeness (QED) is 0.584. The maximum atomic E-state index is 14.1. The van der Waals surface area contributed by atoms with Crippen LogP contribution in [0.4, 0.5) is 0 Å². The molecule has 3 aromatic rings. The highest BCUT2D eigenvalue weighted by Gasteiger charge is 2.44. The molecule has 0 aliphatic carbocycles. The molecule has 1 amide bonds. The SMILES string of the molecule is COc1ccc(C2(C(=O)N3CCOCC(Cc4ccc5ccoc5c4)C3)CCOCC2)cc1. The van der Waals surface area contributed by atoms with Crippen LogP contribution in [0.5, 0.6) is 5.75 Å². The molecule has 0 spiro atoms. The summed E-state index contributed by atoms with van der Waals surface area (Å²) in [5.41, 5.74) is 2.58. The van der Waals surface area contributed by atoms with E-state index in [2.05, 4.69) is 18.2 Å². The first kappa shape index (κ1) is 22.0. The fraction of sp³-hybridized carbons (Fsp3) is 0.444. The van der Waals surface area contributed by atoms with E-state index >= 15 is 0 Å². The smallest absolute Gasteiger partial charge is 0.233 e. The Morgan fingerprint density at radius 3 is 2.67 bits per heavy atom. The zero-order valence-corrected chi connectivity index (χ0v) is 19.1. The summed E-state index contributed by atoms with van der Waals surface area (Å²) in [6, 6.07) is 16.3. The van der Waals surface area contributed by atoms with Crippen LogP contribution in [0, 0.1) is 5.92 Å². The molecule has 3 heterocycles. The van der Waals surface area contributed by atoms with Crippen LogP contribution in [-0.2, 0) is 26.1 Å². The summed E-state index contributed by atoms with van der Waals surface area (Å²) in [4.78, 5) is 16.1. The molecule has 2 saturated heterocycles. The average molecular weight is 450 g/mol. The van der Waals surface area contributed by atoms with Gasteiger partial charge in [0.2, 0.25) is 5.91 Å². The van der Waals surface area contributed by atoms with E-state index in [1.165, 1.54) is 5.56 Å². The molecular formula is C27H31NO5. The largest absolute Gasteiger partial charge is 0.497 e. The highest BCUT2D eigenvalue weighted by molar-refractivity contribution is 5.88. The third-order valence-electron chi connectivity index (χ3n) is 7.07. The van der Waals surface area contributed by atoms with Crippen molar-refractivity contribution < 1.29 is 23.4 Å². The number of nitrogens with zero attached hydrogens (tertiary/aromatic N) is 1. The van der Waals surface area contributed by atoms with E-state index in [1.54, 1.807) is 13.4 Å². The number of benzene rings is 2. The summed E-state index contributed by atoms with van der Waals surface area (Å²) in [7, 11) is 1.66. The van der Waals surface area contributed by atoms with Gasteiger partial charge in [-0.1, -0.05) is 24.3 Å². The Labute approximate surface area is 194 Å². The van der Waals surface area contributed by atoms with Crippen LogP contribution < -0.4 is 4.74 Å². The van der Waals surface area contributed by atoms with Crippen molar-refractivity contribution in [2.24, 2.45) is 5.92 Å². The first-order chi connectivity index (χ1) is 16.2. The maximum absolute atomic E-state index is 14.1. The molecule has 0 radical (unpaired) electrons. The lowest BCUT2D eigenvalue weighted by Gasteiger charge is -2.40. The predicted octanol–water partition coefficient (Wildman–Crippen LogP) is 4.21. The molecule has 1 atom stereocenters. The molecule has 0 bridgehead atoms. The number of fused-ring (bicyclic) bond motifs is 1. The van der Waals surface area contributed by atoms with Gasteiger partial charge in [-0.2, -0.15) is 0 Å². The minimum absolute atomic E-state index is 0.188. The van der Waals surface area contributed by atoms with Crippen molar-refractivity contribution in [2.75, 3.05) is 46.6 Å². The molecule has 2 aromatic carbocycles. The van der Waals surface area contributed by atoms with Crippen LogP contribution in [-0.4, -0.2) is 57.4 Å². The van der Waals surface area contributed by atoms with Crippen LogP contribution in [0.3, 0.4) is 0 Å². The maximum Gasteiger partial charge on any atom is 0.233 e. The molecule has 0 N–H and O–H groups in total. The molecule has 1 unspecified atom stereocenters. The van der Waals surface area contributed by atoms with Crippen LogP contribution in [0.2, 0.25) is 0 Å². The molecule has 1 aromatic heterocycles. The fourth-order valence-corrected chi connectivity index (χ4v) is 5.21. The second-order valence-corrected chi connectivity index (χ2v) is 9.11. The number of ether oxygens (including phenoxy) is 3. The van der Waals surface area contributed by atoms with Gasteiger partial charge in [-0.15, -0.1) is 0 Å². The van der Waals surface area contributed by atoms with Gasteiger partial charge in [-0.3, -0.25) is 4.79 Å². The van der Waals surface area contributed by atoms with Crippen molar-refractivity contribution in [3.05, 3.63) is 65.9 Å². The van der Waals surface area contributed by atoms with Gasteiger partial charge in [0, 0.05) is 37.6 Å². The molecule has 2 aliphatic heterocycles. The van der Waals surface area contributed by atoms with Crippen molar-refractivity contribution in [1.82, 2.24) is 4.90 Å². The molecule has 5 rings (SSSR count). The molecule has 0 saturated carbocycles. The summed E-state index contributed by atoms with van der Waals surface area (Å²) >= 11 is 0. The number of rotatable bonds is 5. The Bertz CT molecular complexity index is 1080. The second kappa shape index (κ2) is 9.57. The van der Waals surface area contributed by atoms with Crippen LogP contribution in [0.1, 0.15) is 24.0 Å². The second-order valence-electron chi connectivity index (χ2n) is 9.11. The van der Waals surface area contributed by atoms with Gasteiger partial charge in [-0.05, 0) is 54.7 Å². The molecule has 2 aliphatic rings. The third-order valence-corrected chi connectivity index (χ3v) is 7.07. The Balaban J connectivity index is 1.37. The Hall–Kier alpha value is -2.83. The van der Waals surface area contributed by atoms with E-state index in [1.807, 2.05) is 35.2 Å². The van der Waals surface area contributed by atoms with Gasteiger partial charge >= 0.3 is 0 Å². The van der Waals surface area contributed by atoms with Crippen molar-refractivity contribution in [3.63, 3.8) is 0 Å². The van der Waals surface area contributed by atoms with Gasteiger partial charge < -0.3 is 23.5 Å². The number of hydrogen-bond acceptors (Lipinski definition) is 5. The number of furan rings is 1. The van der Waals surface area contributed by atoms with Gasteiger partial charge in [0.1, 0.15) is 11.3 Å². The summed E-state index contributed by atoms with van der Waals surface area (Å²) in [6.45, 7) is 3.70. The van der Waals surface area contributed by atoms with Gasteiger partial charge in [0.25, 0.3) is 0 Å². The van der Waals surface area contributed by atoms with Crippen molar-refractivity contribution >= 4 is 16.9 Å². The molecular weight excluding hydrogens is 418 g/mol. The molecule has 174 valence electrons. The summed E-state index contributed by atoms with van der Waals surface area (Å²) < 4.78 is 22.5. The van der Waals surface area contributed by atoms with E-state index in [4.69, 9.17) is 18.6 Å². The van der Waals surface area contributed by atoms with Crippen molar-refractivity contribution in [2.45, 2.75) is 24.7 Å². The standard InChI is InChI=1S/C27H31NO5/c1-30-24-6-4-23(5-7-24)27(9-13-31-14-10-27)26(29)28-11-15-32-19-21(18-28)16-20-2-3-22-8-12-33-25(22)17-20/h2-8,12,17,21H,9-11,13-16,18-19H2,1H3. The molecule has 6 nitrogen and oxygen atoms in total. The number of methoxy groups -OCH3 is 1. The Morgan fingerprint density at radius 1 is 1.06 bits per heavy atom. The number of hydrogen-bond donors (Lipinski definition) is 0. The number of carbonyl (C=O) groups is 1. The third kappa shape index (κ3) is 4.50. The minimum atomic E-state index is -0.563. The first-order valence-corrected chi connectivity index (χ1v) is 11.7. The van der Waals surface area contributed by atoms with E-state index in [0.717, 1.165) is 28.7 Å². The normalized spacial score (nSPS) is 21.0. The minimum Gasteiger partial charge on any atom is -0.497 e. The number of carbonyl (C=O) groups excluding carboxylic acids is 1. The zero-order valence-electron chi connectivity index (χ0n) is 19.1. The molecule has 33 heavy (non-hydrogen) atoms. The fourth-order valence-electron chi connectivity index (χ4n) is 5.21. The van der Waals surface area contributed by atoms with Gasteiger partial charge in [0.15, 0.2) is 0 Å². The van der Waals surface area contributed by atoms with E-state index in [-0.39, 0.29) is 11.8 Å². The van der Waals surface area contributed by atoms with Gasteiger partial charge in [-0.25, -0.2) is 0 Å².